The summed E-state index contributed by atoms with van der Waals surface area (Å²) >= 11 is 1.21. The van der Waals surface area contributed by atoms with Crippen molar-refractivity contribution in [3.05, 3.63) is 54.3 Å². The maximum atomic E-state index is 13.2. The van der Waals surface area contributed by atoms with Crippen molar-refractivity contribution in [1.82, 2.24) is 20.8 Å². The molecule has 1 heterocycles. The summed E-state index contributed by atoms with van der Waals surface area (Å²) in [5, 5.41) is 14.9. The van der Waals surface area contributed by atoms with Gasteiger partial charge in [0.05, 0.1) is 5.25 Å². The van der Waals surface area contributed by atoms with E-state index in [0.29, 0.717) is 10.7 Å². The number of nitrogens with one attached hydrogen (secondary N) is 2. The van der Waals surface area contributed by atoms with Gasteiger partial charge in [-0.3, -0.25) is 10.1 Å². The first kappa shape index (κ1) is 18.8. The first-order valence-corrected chi connectivity index (χ1v) is 9.08. The number of nitrogens with zero attached hydrogens (tertiary/aromatic N) is 2. The number of urea groups is 1. The zero-order valence-electron chi connectivity index (χ0n) is 14.7. The average Bonchev–Trinajstić information content (AvgIpc) is 2.68. The summed E-state index contributed by atoms with van der Waals surface area (Å²) in [5.74, 6) is -0.744. The number of thioether (sulfide) groups is 1. The molecule has 138 valence electrons. The van der Waals surface area contributed by atoms with Gasteiger partial charge in [0.2, 0.25) is 5.91 Å². The largest absolute Gasteiger partial charge is 0.341 e. The number of fused-ring (bicyclic) bond motifs is 1. The standard InChI is InChI=1S/C19H17FN4O2S/c1-11(17(25)22-19(26)21-2)27-18-15-6-4-3-5-14(15)16(23-24-18)12-7-9-13(20)10-8-12/h3-11H,1-2H3,(H2,21,22,25,26). The van der Waals surface area contributed by atoms with Crippen LogP contribution in [0.3, 0.4) is 0 Å². The number of hydrogen-bond donors (Lipinski definition) is 2. The average molecular weight is 384 g/mol. The summed E-state index contributed by atoms with van der Waals surface area (Å²) in [5.41, 5.74) is 1.39. The van der Waals surface area contributed by atoms with Crippen LogP contribution in [0.1, 0.15) is 6.92 Å². The third kappa shape index (κ3) is 4.22. The lowest BCUT2D eigenvalue weighted by Gasteiger charge is -2.13. The highest BCUT2D eigenvalue weighted by molar-refractivity contribution is 8.00. The zero-order valence-corrected chi connectivity index (χ0v) is 15.5. The monoisotopic (exact) mass is 384 g/mol. The molecule has 2 aromatic carbocycles. The second-order valence-electron chi connectivity index (χ2n) is 5.73. The van der Waals surface area contributed by atoms with Gasteiger partial charge in [-0.1, -0.05) is 36.0 Å². The highest BCUT2D eigenvalue weighted by Gasteiger charge is 2.20. The van der Waals surface area contributed by atoms with Gasteiger partial charge in [-0.25, -0.2) is 9.18 Å². The molecule has 3 rings (SSSR count). The molecule has 0 saturated heterocycles. The fourth-order valence-electron chi connectivity index (χ4n) is 2.48. The van der Waals surface area contributed by atoms with E-state index in [9.17, 15) is 14.0 Å². The Morgan fingerprint density at radius 1 is 1.04 bits per heavy atom. The molecule has 1 atom stereocenters. The summed E-state index contributed by atoms with van der Waals surface area (Å²) in [6, 6.07) is 13.0. The zero-order chi connectivity index (χ0) is 19.4. The highest BCUT2D eigenvalue weighted by Crippen LogP contribution is 2.33. The Kier molecular flexibility index (Phi) is 5.66. The van der Waals surface area contributed by atoms with Crippen molar-refractivity contribution < 1.29 is 14.0 Å². The molecule has 2 N–H and O–H groups in total. The molecule has 0 saturated carbocycles. The number of carbonyl (C=O) groups excluding carboxylic acids is 2. The van der Waals surface area contributed by atoms with Gasteiger partial charge in [-0.15, -0.1) is 10.2 Å². The highest BCUT2D eigenvalue weighted by atomic mass is 32.2. The Bertz CT molecular complexity index is 995. The number of amides is 3. The number of hydrogen-bond acceptors (Lipinski definition) is 5. The second kappa shape index (κ2) is 8.13. The SMILES string of the molecule is CNC(=O)NC(=O)C(C)Sc1nnc(-c2ccc(F)cc2)c2ccccc12. The minimum absolute atomic E-state index is 0.320. The lowest BCUT2D eigenvalue weighted by molar-refractivity contribution is -0.119. The molecule has 0 aliphatic carbocycles. The topological polar surface area (TPSA) is 84.0 Å². The molecule has 0 aliphatic heterocycles. The molecule has 0 fully saturated rings. The molecule has 1 unspecified atom stereocenters. The number of carbonyl (C=O) groups is 2. The molecule has 0 spiro atoms. The van der Waals surface area contributed by atoms with Gasteiger partial charge in [0.1, 0.15) is 16.5 Å². The molecule has 0 radical (unpaired) electrons. The number of benzene rings is 2. The van der Waals surface area contributed by atoms with Crippen LogP contribution < -0.4 is 10.6 Å². The molecular weight excluding hydrogens is 367 g/mol. The van der Waals surface area contributed by atoms with Crippen molar-refractivity contribution in [3.63, 3.8) is 0 Å². The van der Waals surface area contributed by atoms with E-state index in [1.165, 1.54) is 30.9 Å². The molecule has 27 heavy (non-hydrogen) atoms. The van der Waals surface area contributed by atoms with Crippen LogP contribution in [0.25, 0.3) is 22.0 Å². The van der Waals surface area contributed by atoms with Crippen molar-refractivity contribution in [2.24, 2.45) is 0 Å². The maximum absolute atomic E-state index is 13.2. The normalized spacial score (nSPS) is 11.8. The van der Waals surface area contributed by atoms with Crippen LogP contribution in [-0.4, -0.2) is 34.4 Å². The van der Waals surface area contributed by atoms with Crippen LogP contribution >= 0.6 is 11.8 Å². The maximum Gasteiger partial charge on any atom is 0.321 e. The van der Waals surface area contributed by atoms with Crippen LogP contribution in [0.4, 0.5) is 9.18 Å². The van der Waals surface area contributed by atoms with E-state index in [1.54, 1.807) is 19.1 Å². The summed E-state index contributed by atoms with van der Waals surface area (Å²) in [7, 11) is 1.44. The predicted octanol–water partition coefficient (Wildman–Crippen LogP) is 3.37. The van der Waals surface area contributed by atoms with E-state index in [-0.39, 0.29) is 5.82 Å². The molecule has 6 nitrogen and oxygen atoms in total. The summed E-state index contributed by atoms with van der Waals surface area (Å²) < 4.78 is 13.2. The Morgan fingerprint density at radius 2 is 1.70 bits per heavy atom. The van der Waals surface area contributed by atoms with Crippen LogP contribution in [0, 0.1) is 5.82 Å². The third-order valence-corrected chi connectivity index (χ3v) is 4.98. The lowest BCUT2D eigenvalue weighted by atomic mass is 10.1. The fraction of sp³-hybridized carbons (Fsp3) is 0.158. The van der Waals surface area contributed by atoms with Crippen LogP contribution in [0.2, 0.25) is 0 Å². The quantitative estimate of drug-likeness (QED) is 0.674. The molecule has 1 aromatic heterocycles. The third-order valence-electron chi connectivity index (χ3n) is 3.89. The van der Waals surface area contributed by atoms with E-state index in [4.69, 9.17) is 0 Å². The van der Waals surface area contributed by atoms with Crippen molar-refractivity contribution in [2.75, 3.05) is 7.05 Å². The van der Waals surface area contributed by atoms with Crippen LogP contribution in [-0.2, 0) is 4.79 Å². The fourth-order valence-corrected chi connectivity index (χ4v) is 3.38. The van der Waals surface area contributed by atoms with Crippen LogP contribution in [0.5, 0.6) is 0 Å². The molecule has 0 bridgehead atoms. The van der Waals surface area contributed by atoms with E-state index >= 15 is 0 Å². The summed E-state index contributed by atoms with van der Waals surface area (Å²) in [6.07, 6.45) is 0. The minimum Gasteiger partial charge on any atom is -0.341 e. The lowest BCUT2D eigenvalue weighted by Crippen LogP contribution is -2.41. The summed E-state index contributed by atoms with van der Waals surface area (Å²) in [4.78, 5) is 23.4. The Balaban J connectivity index is 1.94. The molecule has 8 heteroatoms. The molecule has 3 amide bonds. The summed E-state index contributed by atoms with van der Waals surface area (Å²) in [6.45, 7) is 1.69. The predicted molar refractivity (Wildman–Crippen MR) is 103 cm³/mol. The minimum atomic E-state index is -0.560. The van der Waals surface area contributed by atoms with Gasteiger partial charge in [-0.2, -0.15) is 0 Å². The van der Waals surface area contributed by atoms with Crippen molar-refractivity contribution in [3.8, 4) is 11.3 Å². The Hall–Kier alpha value is -3.00. The van der Waals surface area contributed by atoms with E-state index < -0.39 is 17.2 Å². The van der Waals surface area contributed by atoms with Gasteiger partial charge in [0.25, 0.3) is 0 Å². The molecule has 3 aromatic rings. The van der Waals surface area contributed by atoms with Gasteiger partial charge in [0.15, 0.2) is 0 Å². The molecular formula is C19H17FN4O2S. The molecule has 0 aliphatic rings. The van der Waals surface area contributed by atoms with E-state index in [2.05, 4.69) is 20.8 Å². The Morgan fingerprint density at radius 3 is 2.37 bits per heavy atom. The first-order valence-electron chi connectivity index (χ1n) is 8.20. The van der Waals surface area contributed by atoms with Crippen molar-refractivity contribution >= 4 is 34.5 Å². The van der Waals surface area contributed by atoms with Crippen molar-refractivity contribution in [1.29, 1.82) is 0 Å². The van der Waals surface area contributed by atoms with E-state index in [1.807, 2.05) is 24.3 Å². The number of halogens is 1. The van der Waals surface area contributed by atoms with Gasteiger partial charge in [0, 0.05) is 23.4 Å². The van der Waals surface area contributed by atoms with Gasteiger partial charge >= 0.3 is 6.03 Å². The van der Waals surface area contributed by atoms with Crippen LogP contribution in [0.15, 0.2) is 53.6 Å². The van der Waals surface area contributed by atoms with Crippen molar-refractivity contribution in [2.45, 2.75) is 17.2 Å². The smallest absolute Gasteiger partial charge is 0.321 e. The number of rotatable bonds is 4. The van der Waals surface area contributed by atoms with E-state index in [0.717, 1.165) is 16.3 Å². The second-order valence-corrected chi connectivity index (χ2v) is 7.06. The van der Waals surface area contributed by atoms with Gasteiger partial charge < -0.3 is 5.32 Å². The number of imide groups is 1. The Labute approximate surface area is 159 Å². The van der Waals surface area contributed by atoms with Gasteiger partial charge in [-0.05, 0) is 31.2 Å². The first-order chi connectivity index (χ1) is 13.0. The number of aromatic nitrogens is 2.